The van der Waals surface area contributed by atoms with Gasteiger partial charge in [-0.15, -0.1) is 0 Å². The number of aryl methyl sites for hydroxylation is 1. The van der Waals surface area contributed by atoms with E-state index in [-0.39, 0.29) is 18.3 Å². The lowest BCUT2D eigenvalue weighted by Crippen LogP contribution is -2.44. The van der Waals surface area contributed by atoms with Gasteiger partial charge in [0.1, 0.15) is 11.3 Å². The summed E-state index contributed by atoms with van der Waals surface area (Å²) in [4.78, 5) is 27.8. The number of fused-ring (bicyclic) bond motifs is 1. The molecule has 0 saturated heterocycles. The summed E-state index contributed by atoms with van der Waals surface area (Å²) in [7, 11) is 0. The van der Waals surface area contributed by atoms with Crippen LogP contribution in [-0.2, 0) is 9.59 Å². The molecule has 3 rings (SSSR count). The second-order valence-corrected chi connectivity index (χ2v) is 6.31. The summed E-state index contributed by atoms with van der Waals surface area (Å²) in [6.07, 6.45) is 0. The highest BCUT2D eigenvalue weighted by atomic mass is 32.2. The van der Waals surface area contributed by atoms with Crippen LogP contribution in [0.25, 0.3) is 11.1 Å². The number of benzene rings is 2. The maximum absolute atomic E-state index is 11.8. The number of carbonyl (C=O) groups excluding carboxylic acids is 2. The quantitative estimate of drug-likeness (QED) is 0.511. The Morgan fingerprint density at radius 1 is 1.08 bits per heavy atom. The summed E-state index contributed by atoms with van der Waals surface area (Å²) in [6, 6.07) is 14.7. The number of hydrazine groups is 1. The van der Waals surface area contributed by atoms with Crippen LogP contribution in [0.5, 0.6) is 5.75 Å². The van der Waals surface area contributed by atoms with Crippen LogP contribution in [0.4, 0.5) is 0 Å². The number of aromatic nitrogens is 1. The number of ether oxygens (including phenoxy) is 1. The van der Waals surface area contributed by atoms with Gasteiger partial charge in [-0.3, -0.25) is 20.4 Å². The number of hydrogen-bond acceptors (Lipinski definition) is 6. The number of nitrogens with zero attached hydrogens (tertiary/aromatic N) is 1. The first kappa shape index (κ1) is 17.8. The molecule has 0 aliphatic heterocycles. The summed E-state index contributed by atoms with van der Waals surface area (Å²) in [5.41, 5.74) is 6.96. The third-order valence-corrected chi connectivity index (χ3v) is 4.22. The maximum Gasteiger partial charge on any atom is 0.276 e. The highest BCUT2D eigenvalue weighted by molar-refractivity contribution is 7.99. The van der Waals surface area contributed by atoms with Crippen LogP contribution in [-0.4, -0.2) is 29.2 Å². The molecule has 0 atom stereocenters. The van der Waals surface area contributed by atoms with Crippen LogP contribution in [0.3, 0.4) is 0 Å². The molecule has 2 amide bonds. The second-order valence-electron chi connectivity index (χ2n) is 5.39. The van der Waals surface area contributed by atoms with Gasteiger partial charge in [0.25, 0.3) is 11.1 Å². The van der Waals surface area contributed by atoms with E-state index in [1.54, 1.807) is 12.1 Å². The van der Waals surface area contributed by atoms with Crippen LogP contribution in [0.1, 0.15) is 5.56 Å². The smallest absolute Gasteiger partial charge is 0.276 e. The number of hydrogen-bond donors (Lipinski definition) is 2. The third-order valence-electron chi connectivity index (χ3n) is 3.39. The highest BCUT2D eigenvalue weighted by Gasteiger charge is 2.10. The zero-order valence-electron chi connectivity index (χ0n) is 14.0. The van der Waals surface area contributed by atoms with Gasteiger partial charge in [0.2, 0.25) is 5.91 Å². The van der Waals surface area contributed by atoms with Crippen molar-refractivity contribution in [1.29, 1.82) is 0 Å². The Labute approximate surface area is 154 Å². The van der Waals surface area contributed by atoms with E-state index >= 15 is 0 Å². The molecule has 0 aliphatic carbocycles. The molecule has 134 valence electrons. The van der Waals surface area contributed by atoms with Gasteiger partial charge >= 0.3 is 0 Å². The average Bonchev–Trinajstić information content (AvgIpc) is 3.07. The molecule has 0 bridgehead atoms. The molecule has 1 aromatic heterocycles. The fraction of sp³-hybridized carbons (Fsp3) is 0.167. The zero-order chi connectivity index (χ0) is 18.4. The fourth-order valence-corrected chi connectivity index (χ4v) is 2.75. The van der Waals surface area contributed by atoms with Crippen molar-refractivity contribution in [2.45, 2.75) is 12.1 Å². The minimum atomic E-state index is -0.450. The van der Waals surface area contributed by atoms with E-state index in [2.05, 4.69) is 15.8 Å². The minimum absolute atomic E-state index is 0.0613. The topological polar surface area (TPSA) is 93.5 Å². The fourth-order valence-electron chi connectivity index (χ4n) is 2.11. The Balaban J connectivity index is 1.39. The number of nitrogens with one attached hydrogen (secondary N) is 2. The molecule has 8 heteroatoms. The Kier molecular flexibility index (Phi) is 5.75. The minimum Gasteiger partial charge on any atom is -0.483 e. The van der Waals surface area contributed by atoms with Gasteiger partial charge in [-0.05, 0) is 30.7 Å². The second kappa shape index (κ2) is 8.39. The first-order valence-electron chi connectivity index (χ1n) is 7.86. The van der Waals surface area contributed by atoms with E-state index in [1.807, 2.05) is 43.3 Å². The van der Waals surface area contributed by atoms with Gasteiger partial charge in [0.15, 0.2) is 12.2 Å². The normalized spacial score (nSPS) is 10.5. The van der Waals surface area contributed by atoms with Crippen molar-refractivity contribution in [3.05, 3.63) is 54.1 Å². The first-order valence-corrected chi connectivity index (χ1v) is 8.85. The molecule has 0 radical (unpaired) electrons. The van der Waals surface area contributed by atoms with Crippen molar-refractivity contribution in [2.75, 3.05) is 12.4 Å². The molecule has 1 heterocycles. The molecule has 0 aliphatic rings. The van der Waals surface area contributed by atoms with E-state index in [0.717, 1.165) is 22.8 Å². The molecule has 0 saturated carbocycles. The SMILES string of the molecule is Cc1ccccc1OCC(=O)NNC(=O)CSc1nc2ccccc2o1. The lowest BCUT2D eigenvalue weighted by molar-refractivity contribution is -0.128. The van der Waals surface area contributed by atoms with Crippen molar-refractivity contribution in [1.82, 2.24) is 15.8 Å². The van der Waals surface area contributed by atoms with E-state index < -0.39 is 5.91 Å². The molecule has 0 fully saturated rings. The van der Waals surface area contributed by atoms with Gasteiger partial charge in [-0.2, -0.15) is 0 Å². The molecular formula is C18H17N3O4S. The van der Waals surface area contributed by atoms with Gasteiger partial charge in [-0.1, -0.05) is 42.1 Å². The van der Waals surface area contributed by atoms with E-state index in [4.69, 9.17) is 9.15 Å². The molecule has 0 spiro atoms. The van der Waals surface area contributed by atoms with Crippen molar-refractivity contribution >= 4 is 34.7 Å². The molecule has 0 unspecified atom stereocenters. The predicted molar refractivity (Wildman–Crippen MR) is 97.7 cm³/mol. The lowest BCUT2D eigenvalue weighted by atomic mass is 10.2. The number of oxazole rings is 1. The lowest BCUT2D eigenvalue weighted by Gasteiger charge is -2.09. The standard InChI is InChI=1S/C18H17N3O4S/c1-12-6-2-4-8-14(12)24-10-16(22)20-21-17(23)11-26-18-19-13-7-3-5-9-15(13)25-18/h2-9H,10-11H2,1H3,(H,20,22)(H,21,23). The predicted octanol–water partition coefficient (Wildman–Crippen LogP) is 2.45. The molecule has 26 heavy (non-hydrogen) atoms. The summed E-state index contributed by atoms with van der Waals surface area (Å²) < 4.78 is 10.9. The summed E-state index contributed by atoms with van der Waals surface area (Å²) in [5, 5.41) is 0.399. The molecule has 2 N–H and O–H groups in total. The summed E-state index contributed by atoms with van der Waals surface area (Å²) in [6.45, 7) is 1.70. The van der Waals surface area contributed by atoms with E-state index in [0.29, 0.717) is 16.6 Å². The first-order chi connectivity index (χ1) is 12.6. The number of carbonyl (C=O) groups is 2. The van der Waals surface area contributed by atoms with E-state index in [1.165, 1.54) is 0 Å². The number of amides is 2. The Hall–Kier alpha value is -3.00. The van der Waals surface area contributed by atoms with Gasteiger partial charge < -0.3 is 9.15 Å². The Morgan fingerprint density at radius 3 is 2.62 bits per heavy atom. The number of thioether (sulfide) groups is 1. The number of para-hydroxylation sites is 3. The third kappa shape index (κ3) is 4.76. The Morgan fingerprint density at radius 2 is 1.81 bits per heavy atom. The van der Waals surface area contributed by atoms with Gasteiger partial charge in [0.05, 0.1) is 5.75 Å². The molecule has 3 aromatic rings. The monoisotopic (exact) mass is 371 g/mol. The molecule has 2 aromatic carbocycles. The van der Waals surface area contributed by atoms with Crippen LogP contribution in [0.15, 0.2) is 58.2 Å². The Bertz CT molecular complexity index is 892. The van der Waals surface area contributed by atoms with Crippen molar-refractivity contribution < 1.29 is 18.7 Å². The average molecular weight is 371 g/mol. The highest BCUT2D eigenvalue weighted by Crippen LogP contribution is 2.22. The van der Waals surface area contributed by atoms with E-state index in [9.17, 15) is 9.59 Å². The van der Waals surface area contributed by atoms with Gasteiger partial charge in [0, 0.05) is 0 Å². The van der Waals surface area contributed by atoms with Crippen molar-refractivity contribution in [3.8, 4) is 5.75 Å². The number of rotatable bonds is 6. The zero-order valence-corrected chi connectivity index (χ0v) is 14.8. The molecular weight excluding hydrogens is 354 g/mol. The van der Waals surface area contributed by atoms with Crippen LogP contribution in [0.2, 0.25) is 0 Å². The van der Waals surface area contributed by atoms with Crippen LogP contribution in [0, 0.1) is 6.92 Å². The largest absolute Gasteiger partial charge is 0.483 e. The van der Waals surface area contributed by atoms with Crippen LogP contribution < -0.4 is 15.6 Å². The van der Waals surface area contributed by atoms with Crippen molar-refractivity contribution in [2.24, 2.45) is 0 Å². The van der Waals surface area contributed by atoms with Gasteiger partial charge in [-0.25, -0.2) is 4.98 Å². The van der Waals surface area contributed by atoms with Crippen molar-refractivity contribution in [3.63, 3.8) is 0 Å². The summed E-state index contributed by atoms with van der Waals surface area (Å²) in [5.74, 6) is -0.137. The maximum atomic E-state index is 11.8. The van der Waals surface area contributed by atoms with Crippen LogP contribution >= 0.6 is 11.8 Å². The summed E-state index contributed by atoms with van der Waals surface area (Å²) >= 11 is 1.15. The molecule has 7 nitrogen and oxygen atoms in total.